The lowest BCUT2D eigenvalue weighted by Crippen LogP contribution is -2.28. The average molecular weight is 305 g/mol. The highest BCUT2D eigenvalue weighted by atomic mass is 33.1. The Bertz CT molecular complexity index is 464. The fraction of sp³-hybridized carbons (Fsp3) is 0.667. The van der Waals surface area contributed by atoms with E-state index in [2.05, 4.69) is 22.3 Å². The van der Waals surface area contributed by atoms with Gasteiger partial charge in [-0.15, -0.1) is 11.7 Å². The van der Waals surface area contributed by atoms with Crippen LogP contribution in [0.1, 0.15) is 32.3 Å². The van der Waals surface area contributed by atoms with Gasteiger partial charge in [-0.25, -0.2) is 0 Å². The Kier molecular flexibility index (Phi) is 6.17. The molecule has 1 rings (SSSR count). The van der Waals surface area contributed by atoms with E-state index in [0.717, 1.165) is 31.5 Å². The number of thiol groups is 1. The van der Waals surface area contributed by atoms with Gasteiger partial charge in [0, 0.05) is 16.9 Å². The van der Waals surface area contributed by atoms with Crippen LogP contribution < -0.4 is 16.1 Å². The van der Waals surface area contributed by atoms with Crippen LogP contribution in [0, 0.1) is 4.51 Å². The highest BCUT2D eigenvalue weighted by Crippen LogP contribution is 2.42. The number of nitrogens with one attached hydrogen (secondary N) is 2. The Labute approximate surface area is 123 Å². The SMILES string of the molecule is CNCCCCNc1c(C(C)(C)SS)c(=S)c1=O. The van der Waals surface area contributed by atoms with Crippen LogP contribution in [-0.4, -0.2) is 20.1 Å². The number of hydrogen-bond donors (Lipinski definition) is 3. The summed E-state index contributed by atoms with van der Waals surface area (Å²) in [5, 5.41) is 6.32. The van der Waals surface area contributed by atoms with Crippen LogP contribution >= 0.6 is 34.7 Å². The first-order chi connectivity index (χ1) is 8.45. The minimum atomic E-state index is -0.221. The quantitative estimate of drug-likeness (QED) is 0.298. The van der Waals surface area contributed by atoms with Crippen LogP contribution in [0.5, 0.6) is 0 Å². The fourth-order valence-corrected chi connectivity index (χ4v) is 2.91. The Morgan fingerprint density at radius 1 is 1.33 bits per heavy atom. The van der Waals surface area contributed by atoms with Gasteiger partial charge in [0.15, 0.2) is 0 Å². The first-order valence-electron chi connectivity index (χ1n) is 6.00. The highest BCUT2D eigenvalue weighted by Gasteiger charge is 2.31. The molecule has 0 fully saturated rings. The molecule has 0 unspecified atom stereocenters. The van der Waals surface area contributed by atoms with Crippen LogP contribution in [0.15, 0.2) is 4.79 Å². The summed E-state index contributed by atoms with van der Waals surface area (Å²) in [5.41, 5.74) is 1.61. The van der Waals surface area contributed by atoms with Gasteiger partial charge in [0.25, 0.3) is 0 Å². The third-order valence-corrected chi connectivity index (χ3v) is 5.32. The minimum Gasteiger partial charge on any atom is -0.382 e. The zero-order valence-electron chi connectivity index (χ0n) is 11.0. The Balaban J connectivity index is 2.65. The summed E-state index contributed by atoms with van der Waals surface area (Å²) >= 11 is 9.39. The van der Waals surface area contributed by atoms with E-state index in [1.54, 1.807) is 0 Å². The number of anilines is 1. The van der Waals surface area contributed by atoms with Crippen molar-refractivity contribution in [3.8, 4) is 0 Å². The van der Waals surface area contributed by atoms with Crippen LogP contribution in [0.2, 0.25) is 0 Å². The molecule has 0 saturated carbocycles. The second-order valence-electron chi connectivity index (χ2n) is 4.75. The van der Waals surface area contributed by atoms with Gasteiger partial charge in [0.1, 0.15) is 0 Å². The smallest absolute Gasteiger partial charge is 0.220 e. The lowest BCUT2D eigenvalue weighted by atomic mass is 9.95. The summed E-state index contributed by atoms with van der Waals surface area (Å²) in [4.78, 5) is 11.7. The van der Waals surface area contributed by atoms with E-state index in [9.17, 15) is 4.79 Å². The van der Waals surface area contributed by atoms with E-state index >= 15 is 0 Å². The van der Waals surface area contributed by atoms with Crippen molar-refractivity contribution in [1.29, 1.82) is 0 Å². The molecule has 2 N–H and O–H groups in total. The molecule has 3 nitrogen and oxygen atoms in total. The monoisotopic (exact) mass is 304 g/mol. The molecule has 0 aliphatic carbocycles. The van der Waals surface area contributed by atoms with Gasteiger partial charge in [0.05, 0.1) is 10.2 Å². The number of hydrogen-bond acceptors (Lipinski definition) is 6. The van der Waals surface area contributed by atoms with Crippen molar-refractivity contribution in [1.82, 2.24) is 5.32 Å². The Morgan fingerprint density at radius 3 is 2.50 bits per heavy atom. The topological polar surface area (TPSA) is 41.1 Å². The van der Waals surface area contributed by atoms with Gasteiger partial charge in [-0.2, -0.15) is 0 Å². The van der Waals surface area contributed by atoms with Crippen molar-refractivity contribution in [2.75, 3.05) is 25.5 Å². The predicted octanol–water partition coefficient (Wildman–Crippen LogP) is 2.88. The molecule has 6 heteroatoms. The molecule has 0 bridgehead atoms. The van der Waals surface area contributed by atoms with Crippen molar-refractivity contribution >= 4 is 40.4 Å². The normalized spacial score (nSPS) is 12.0. The fourth-order valence-electron chi connectivity index (χ4n) is 1.82. The largest absolute Gasteiger partial charge is 0.382 e. The molecule has 18 heavy (non-hydrogen) atoms. The molecule has 0 radical (unpaired) electrons. The summed E-state index contributed by atoms with van der Waals surface area (Å²) in [6.07, 6.45) is 2.13. The van der Waals surface area contributed by atoms with Crippen LogP contribution in [0.4, 0.5) is 5.69 Å². The minimum absolute atomic E-state index is 0.0240. The molecule has 0 saturated heterocycles. The highest BCUT2D eigenvalue weighted by molar-refractivity contribution is 8.69. The van der Waals surface area contributed by atoms with Crippen molar-refractivity contribution < 1.29 is 0 Å². The maximum Gasteiger partial charge on any atom is 0.220 e. The van der Waals surface area contributed by atoms with Crippen molar-refractivity contribution in [2.45, 2.75) is 31.4 Å². The molecule has 0 aliphatic rings. The standard InChI is InChI=1S/C12H20N2OS3/c1-12(2,18-17)8-9(10(15)11(8)16)14-7-5-4-6-13-3/h13-14,17H,4-7H2,1-3H3. The second-order valence-corrected chi connectivity index (χ2v) is 6.91. The molecule has 0 aromatic heterocycles. The first kappa shape index (κ1) is 16.0. The van der Waals surface area contributed by atoms with Crippen molar-refractivity contribution in [2.24, 2.45) is 0 Å². The summed E-state index contributed by atoms with van der Waals surface area (Å²) in [5.74, 6) is 0. The molecule has 0 amide bonds. The molecule has 0 aliphatic heterocycles. The zero-order valence-corrected chi connectivity index (χ0v) is 13.5. The predicted molar refractivity (Wildman–Crippen MR) is 87.2 cm³/mol. The van der Waals surface area contributed by atoms with E-state index in [0.29, 0.717) is 10.2 Å². The maximum atomic E-state index is 11.7. The van der Waals surface area contributed by atoms with Gasteiger partial charge in [-0.3, -0.25) is 4.79 Å². The third-order valence-electron chi connectivity index (χ3n) is 2.90. The lowest BCUT2D eigenvalue weighted by molar-refractivity contribution is 0.692. The van der Waals surface area contributed by atoms with E-state index in [1.165, 1.54) is 10.8 Å². The Morgan fingerprint density at radius 2 is 1.94 bits per heavy atom. The summed E-state index contributed by atoms with van der Waals surface area (Å²) < 4.78 is 0.237. The molecule has 0 heterocycles. The third kappa shape index (κ3) is 3.50. The molecular formula is C12H20N2OS3. The Hall–Kier alpha value is -0.0400. The summed E-state index contributed by atoms with van der Waals surface area (Å²) in [6.45, 7) is 5.86. The maximum absolute atomic E-state index is 11.7. The second kappa shape index (κ2) is 6.93. The first-order valence-corrected chi connectivity index (χ1v) is 8.28. The van der Waals surface area contributed by atoms with E-state index < -0.39 is 0 Å². The van der Waals surface area contributed by atoms with Gasteiger partial charge < -0.3 is 10.6 Å². The van der Waals surface area contributed by atoms with Gasteiger partial charge in [0.2, 0.25) is 5.43 Å². The van der Waals surface area contributed by atoms with Crippen LogP contribution in [0.3, 0.4) is 0 Å². The van der Waals surface area contributed by atoms with E-state index in [1.807, 2.05) is 20.9 Å². The average Bonchev–Trinajstić information content (AvgIpc) is 2.36. The van der Waals surface area contributed by atoms with Crippen LogP contribution in [-0.2, 0) is 4.75 Å². The van der Waals surface area contributed by atoms with Crippen molar-refractivity contribution in [3.05, 3.63) is 20.3 Å². The molecule has 102 valence electrons. The molecule has 0 spiro atoms. The molecule has 1 aromatic rings. The van der Waals surface area contributed by atoms with Gasteiger partial charge >= 0.3 is 0 Å². The van der Waals surface area contributed by atoms with Crippen LogP contribution in [0.25, 0.3) is 0 Å². The zero-order chi connectivity index (χ0) is 13.8. The lowest BCUT2D eigenvalue weighted by Gasteiger charge is -2.27. The number of unbranched alkanes of at least 4 members (excludes halogenated alkanes) is 1. The van der Waals surface area contributed by atoms with Crippen molar-refractivity contribution in [3.63, 3.8) is 0 Å². The molecular weight excluding hydrogens is 284 g/mol. The summed E-state index contributed by atoms with van der Waals surface area (Å²) in [6, 6.07) is 0. The van der Waals surface area contributed by atoms with Gasteiger partial charge in [-0.05, 0) is 40.3 Å². The van der Waals surface area contributed by atoms with Gasteiger partial charge in [-0.1, -0.05) is 23.0 Å². The van der Waals surface area contributed by atoms with E-state index in [4.69, 9.17) is 12.2 Å². The molecule has 0 atom stereocenters. The summed E-state index contributed by atoms with van der Waals surface area (Å²) in [7, 11) is 3.35. The van der Waals surface area contributed by atoms with E-state index in [-0.39, 0.29) is 10.2 Å². The number of rotatable bonds is 8. The molecule has 1 aromatic carbocycles.